The first-order valence-corrected chi connectivity index (χ1v) is 7.18. The van der Waals surface area contributed by atoms with Crippen molar-refractivity contribution in [3.63, 3.8) is 0 Å². The van der Waals surface area contributed by atoms with Crippen LogP contribution < -0.4 is 10.2 Å². The van der Waals surface area contributed by atoms with E-state index in [0.29, 0.717) is 12.0 Å². The fourth-order valence-electron chi connectivity index (χ4n) is 2.77. The highest BCUT2D eigenvalue weighted by Gasteiger charge is 2.30. The van der Waals surface area contributed by atoms with E-state index in [4.69, 9.17) is 4.42 Å². The number of hydrogen-bond donors (Lipinski definition) is 1. The predicted molar refractivity (Wildman–Crippen MR) is 71.6 cm³/mol. The van der Waals surface area contributed by atoms with Crippen molar-refractivity contribution in [2.75, 3.05) is 11.4 Å². The quantitative estimate of drug-likeness (QED) is 0.870. The fraction of sp³-hybridized carbons (Fsp3) is 0.786. The lowest BCUT2D eigenvalue weighted by molar-refractivity contribution is 0.453. The number of rotatable bonds is 5. The van der Waals surface area contributed by atoms with Gasteiger partial charge < -0.3 is 14.6 Å². The summed E-state index contributed by atoms with van der Waals surface area (Å²) in [6, 6.07) is 2.13. The van der Waals surface area contributed by atoms with E-state index in [9.17, 15) is 0 Å². The predicted octanol–water partition coefficient (Wildman–Crippen LogP) is 2.55. The molecule has 1 saturated carbocycles. The standard InChI is InChI=1S/C14H23N3O/c1-10(2)13-4-3-7-17(13)14-16-12(9-18-14)8-15-11-5-6-11/h9-11,13,15H,3-8H2,1-2H3. The topological polar surface area (TPSA) is 41.3 Å². The Morgan fingerprint density at radius 3 is 3.00 bits per heavy atom. The molecule has 4 nitrogen and oxygen atoms in total. The first-order chi connectivity index (χ1) is 8.74. The Kier molecular flexibility index (Phi) is 3.29. The molecule has 0 aromatic carbocycles. The van der Waals surface area contributed by atoms with Crippen molar-refractivity contribution in [3.8, 4) is 0 Å². The normalized spacial score (nSPS) is 24.2. The van der Waals surface area contributed by atoms with E-state index in [-0.39, 0.29) is 0 Å². The van der Waals surface area contributed by atoms with E-state index in [1.165, 1.54) is 25.7 Å². The minimum absolute atomic E-state index is 0.591. The lowest BCUT2D eigenvalue weighted by Crippen LogP contribution is -2.33. The van der Waals surface area contributed by atoms with Gasteiger partial charge in [0.05, 0.1) is 5.69 Å². The summed E-state index contributed by atoms with van der Waals surface area (Å²) in [6.45, 7) is 6.48. The second kappa shape index (κ2) is 4.92. The summed E-state index contributed by atoms with van der Waals surface area (Å²) in [5.74, 6) is 0.660. The summed E-state index contributed by atoms with van der Waals surface area (Å²) >= 11 is 0. The van der Waals surface area contributed by atoms with Gasteiger partial charge in [-0.15, -0.1) is 0 Å². The first kappa shape index (κ1) is 12.0. The van der Waals surface area contributed by atoms with Crippen LogP contribution in [0.2, 0.25) is 0 Å². The zero-order valence-electron chi connectivity index (χ0n) is 11.4. The van der Waals surface area contributed by atoms with Gasteiger partial charge in [0.25, 0.3) is 6.01 Å². The molecule has 1 aromatic heterocycles. The molecule has 2 heterocycles. The second-order valence-corrected chi connectivity index (χ2v) is 5.92. The van der Waals surface area contributed by atoms with Crippen molar-refractivity contribution in [3.05, 3.63) is 12.0 Å². The Morgan fingerprint density at radius 2 is 2.28 bits per heavy atom. The van der Waals surface area contributed by atoms with Gasteiger partial charge in [-0.2, -0.15) is 4.98 Å². The van der Waals surface area contributed by atoms with Crippen LogP contribution in [0.15, 0.2) is 10.7 Å². The molecular formula is C14H23N3O. The van der Waals surface area contributed by atoms with Crippen molar-refractivity contribution in [1.29, 1.82) is 0 Å². The summed E-state index contributed by atoms with van der Waals surface area (Å²) < 4.78 is 5.66. The minimum atomic E-state index is 0.591. The number of hydrogen-bond acceptors (Lipinski definition) is 4. The largest absolute Gasteiger partial charge is 0.432 e. The molecule has 1 aliphatic heterocycles. The van der Waals surface area contributed by atoms with Gasteiger partial charge in [0, 0.05) is 25.2 Å². The Morgan fingerprint density at radius 1 is 1.44 bits per heavy atom. The summed E-state index contributed by atoms with van der Waals surface area (Å²) in [5, 5.41) is 3.47. The maximum atomic E-state index is 5.66. The van der Waals surface area contributed by atoms with Gasteiger partial charge in [0.1, 0.15) is 6.26 Å². The van der Waals surface area contributed by atoms with Gasteiger partial charge in [-0.1, -0.05) is 13.8 Å². The van der Waals surface area contributed by atoms with Crippen molar-refractivity contribution < 1.29 is 4.42 Å². The van der Waals surface area contributed by atoms with Crippen molar-refractivity contribution in [2.45, 2.75) is 58.2 Å². The van der Waals surface area contributed by atoms with Crippen molar-refractivity contribution in [1.82, 2.24) is 10.3 Å². The maximum absolute atomic E-state index is 5.66. The molecule has 1 unspecified atom stereocenters. The lowest BCUT2D eigenvalue weighted by Gasteiger charge is -2.25. The van der Waals surface area contributed by atoms with Crippen LogP contribution in [0.3, 0.4) is 0 Å². The molecule has 2 fully saturated rings. The zero-order chi connectivity index (χ0) is 12.5. The molecule has 0 amide bonds. The van der Waals surface area contributed by atoms with Crippen LogP contribution >= 0.6 is 0 Å². The molecule has 1 aliphatic carbocycles. The molecule has 4 heteroatoms. The Balaban J connectivity index is 1.63. The number of anilines is 1. The third-order valence-electron chi connectivity index (χ3n) is 4.00. The molecule has 3 rings (SSSR count). The smallest absolute Gasteiger partial charge is 0.297 e. The van der Waals surface area contributed by atoms with Crippen LogP contribution in [-0.4, -0.2) is 23.6 Å². The van der Waals surface area contributed by atoms with Crippen molar-refractivity contribution >= 4 is 6.01 Å². The van der Waals surface area contributed by atoms with Gasteiger partial charge in [0.15, 0.2) is 0 Å². The highest BCUT2D eigenvalue weighted by molar-refractivity contribution is 5.31. The molecule has 18 heavy (non-hydrogen) atoms. The Labute approximate surface area is 109 Å². The summed E-state index contributed by atoms with van der Waals surface area (Å²) in [6.07, 6.45) is 6.94. The number of aromatic nitrogens is 1. The van der Waals surface area contributed by atoms with Gasteiger partial charge in [-0.05, 0) is 31.6 Å². The number of oxazole rings is 1. The minimum Gasteiger partial charge on any atom is -0.432 e. The lowest BCUT2D eigenvalue weighted by atomic mass is 10.0. The fourth-order valence-corrected chi connectivity index (χ4v) is 2.77. The van der Waals surface area contributed by atoms with Crippen molar-refractivity contribution in [2.24, 2.45) is 5.92 Å². The van der Waals surface area contributed by atoms with Gasteiger partial charge >= 0.3 is 0 Å². The third kappa shape index (κ3) is 2.53. The molecule has 1 N–H and O–H groups in total. The van der Waals surface area contributed by atoms with Gasteiger partial charge in [0.2, 0.25) is 0 Å². The second-order valence-electron chi connectivity index (χ2n) is 5.92. The number of nitrogens with zero attached hydrogens (tertiary/aromatic N) is 2. The van der Waals surface area contributed by atoms with E-state index in [1.54, 1.807) is 6.26 Å². The van der Waals surface area contributed by atoms with Crippen LogP contribution in [0.5, 0.6) is 0 Å². The molecule has 100 valence electrons. The van der Waals surface area contributed by atoms with Gasteiger partial charge in [-0.3, -0.25) is 0 Å². The van der Waals surface area contributed by atoms with E-state index in [0.717, 1.165) is 30.8 Å². The van der Waals surface area contributed by atoms with Crippen LogP contribution in [0, 0.1) is 5.92 Å². The van der Waals surface area contributed by atoms with E-state index >= 15 is 0 Å². The van der Waals surface area contributed by atoms with E-state index in [2.05, 4.69) is 29.0 Å². The average molecular weight is 249 g/mol. The first-order valence-electron chi connectivity index (χ1n) is 7.18. The molecule has 1 atom stereocenters. The Bertz CT molecular complexity index is 397. The van der Waals surface area contributed by atoms with Crippen LogP contribution in [0.4, 0.5) is 6.01 Å². The van der Waals surface area contributed by atoms with Crippen LogP contribution in [0.1, 0.15) is 45.2 Å². The van der Waals surface area contributed by atoms with Crippen LogP contribution in [-0.2, 0) is 6.54 Å². The zero-order valence-corrected chi connectivity index (χ0v) is 11.4. The molecular weight excluding hydrogens is 226 g/mol. The summed E-state index contributed by atoms with van der Waals surface area (Å²) in [4.78, 5) is 6.96. The molecule has 2 aliphatic rings. The van der Waals surface area contributed by atoms with Gasteiger partial charge in [-0.25, -0.2) is 0 Å². The average Bonchev–Trinajstić information content (AvgIpc) is 2.88. The molecule has 0 spiro atoms. The summed E-state index contributed by atoms with van der Waals surface area (Å²) in [5.41, 5.74) is 1.03. The SMILES string of the molecule is CC(C)C1CCCN1c1nc(CNC2CC2)co1. The third-order valence-corrected chi connectivity index (χ3v) is 4.00. The maximum Gasteiger partial charge on any atom is 0.297 e. The highest BCUT2D eigenvalue weighted by Crippen LogP contribution is 2.29. The summed E-state index contributed by atoms with van der Waals surface area (Å²) in [7, 11) is 0. The monoisotopic (exact) mass is 249 g/mol. The Hall–Kier alpha value is -1.03. The van der Waals surface area contributed by atoms with E-state index in [1.807, 2.05) is 0 Å². The highest BCUT2D eigenvalue weighted by atomic mass is 16.4. The van der Waals surface area contributed by atoms with Crippen LogP contribution in [0.25, 0.3) is 0 Å². The molecule has 0 bridgehead atoms. The van der Waals surface area contributed by atoms with E-state index < -0.39 is 0 Å². The molecule has 0 radical (unpaired) electrons. The molecule has 1 aromatic rings. The number of nitrogens with one attached hydrogen (secondary N) is 1. The molecule has 1 saturated heterocycles.